The van der Waals surface area contributed by atoms with Crippen molar-refractivity contribution in [2.75, 3.05) is 51.3 Å². The Bertz CT molecular complexity index is 1920. The van der Waals surface area contributed by atoms with Crippen molar-refractivity contribution in [2.24, 2.45) is 0 Å². The molecule has 1 saturated heterocycles. The topological polar surface area (TPSA) is 103 Å². The van der Waals surface area contributed by atoms with Crippen molar-refractivity contribution in [1.29, 1.82) is 0 Å². The second kappa shape index (κ2) is 13.2. The number of nitrogens with one attached hydrogen (secondary N) is 2. The number of pyridine rings is 1. The van der Waals surface area contributed by atoms with Gasteiger partial charge in [-0.15, -0.1) is 0 Å². The number of amides is 1. The predicted octanol–water partition coefficient (Wildman–Crippen LogP) is 5.05. The molecule has 236 valence electrons. The summed E-state index contributed by atoms with van der Waals surface area (Å²) in [5, 5.41) is 6.18. The molecular formula is C35H35FN6O4. The van der Waals surface area contributed by atoms with Gasteiger partial charge in [0.05, 0.1) is 30.6 Å². The Morgan fingerprint density at radius 1 is 0.978 bits per heavy atom. The number of rotatable bonds is 11. The van der Waals surface area contributed by atoms with Crippen molar-refractivity contribution in [1.82, 2.24) is 24.3 Å². The average Bonchev–Trinajstić information content (AvgIpc) is 3.61. The van der Waals surface area contributed by atoms with E-state index in [-0.39, 0.29) is 22.4 Å². The highest BCUT2D eigenvalue weighted by atomic mass is 19.1. The van der Waals surface area contributed by atoms with Crippen LogP contribution >= 0.6 is 0 Å². The normalized spacial score (nSPS) is 14.1. The van der Waals surface area contributed by atoms with Crippen LogP contribution in [0.3, 0.4) is 0 Å². The molecule has 2 aliphatic rings. The molecule has 0 unspecified atom stereocenters. The number of imidazole rings is 1. The molecule has 0 atom stereocenters. The van der Waals surface area contributed by atoms with E-state index in [4.69, 9.17) is 9.47 Å². The van der Waals surface area contributed by atoms with Crippen LogP contribution in [0, 0.1) is 5.82 Å². The fraction of sp³-hybridized carbons (Fsp3) is 0.286. The molecule has 11 heteroatoms. The molecule has 46 heavy (non-hydrogen) atoms. The predicted molar refractivity (Wildman–Crippen MR) is 175 cm³/mol. The Hall–Kier alpha value is -5.00. The third-order valence-corrected chi connectivity index (χ3v) is 8.47. The number of hydrogen-bond donors (Lipinski definition) is 2. The first kappa shape index (κ1) is 29.7. The molecule has 10 nitrogen and oxygen atoms in total. The van der Waals surface area contributed by atoms with Gasteiger partial charge in [0.25, 0.3) is 5.91 Å². The van der Waals surface area contributed by atoms with Crippen LogP contribution in [0.15, 0.2) is 84.3 Å². The fourth-order valence-corrected chi connectivity index (χ4v) is 6.07. The lowest BCUT2D eigenvalue weighted by atomic mass is 10.0. The van der Waals surface area contributed by atoms with Crippen LogP contribution in [-0.2, 0) is 11.3 Å². The molecule has 2 N–H and O–H groups in total. The summed E-state index contributed by atoms with van der Waals surface area (Å²) in [7, 11) is 0. The molecule has 1 amide bonds. The summed E-state index contributed by atoms with van der Waals surface area (Å²) in [5.41, 5.74) is 2.58. The number of aromatic nitrogens is 3. The minimum Gasteiger partial charge on any atom is -0.451 e. The van der Waals surface area contributed by atoms with Gasteiger partial charge in [0.2, 0.25) is 5.43 Å². The first-order valence-electron chi connectivity index (χ1n) is 15.6. The van der Waals surface area contributed by atoms with Crippen LogP contribution in [-0.4, -0.2) is 70.9 Å². The molecule has 2 aromatic heterocycles. The summed E-state index contributed by atoms with van der Waals surface area (Å²) in [5.74, 6) is -0.405. The Labute approximate surface area is 265 Å². The molecule has 3 aromatic carbocycles. The molecule has 1 fully saturated rings. The molecule has 0 spiro atoms. The first-order chi connectivity index (χ1) is 22.6. The standard InChI is InChI=1S/C35H35FN6O4/c36-28-21-26-32-34(31(28)38-10-4-13-40-16-18-45-19-17-40)46-30-9-8-25(24-6-2-1-3-7-24)20-29(30)42(32)22-27(33(26)43)35(44)39-11-5-14-41-15-12-37-23-41/h1-3,6-9,12,15,20-23,38H,4-5,10-11,13-14,16-19H2,(H,39,44). The van der Waals surface area contributed by atoms with Crippen LogP contribution in [0.25, 0.3) is 27.7 Å². The fourth-order valence-electron chi connectivity index (χ4n) is 6.07. The maximum Gasteiger partial charge on any atom is 0.256 e. The second-order valence-electron chi connectivity index (χ2n) is 11.5. The number of ether oxygens (including phenoxy) is 2. The van der Waals surface area contributed by atoms with Crippen molar-refractivity contribution in [3.05, 3.63) is 101 Å². The maximum absolute atomic E-state index is 15.8. The molecule has 2 aliphatic heterocycles. The average molecular weight is 623 g/mol. The number of hydrogen-bond acceptors (Lipinski definition) is 7. The quantitative estimate of drug-likeness (QED) is 0.195. The van der Waals surface area contributed by atoms with E-state index in [1.165, 1.54) is 6.07 Å². The van der Waals surface area contributed by atoms with E-state index >= 15 is 4.39 Å². The molecule has 0 aliphatic carbocycles. The molecule has 0 bridgehead atoms. The van der Waals surface area contributed by atoms with Crippen molar-refractivity contribution < 1.29 is 18.7 Å². The van der Waals surface area contributed by atoms with E-state index in [1.807, 2.05) is 59.3 Å². The largest absolute Gasteiger partial charge is 0.451 e. The Kier molecular flexibility index (Phi) is 8.49. The van der Waals surface area contributed by atoms with Gasteiger partial charge >= 0.3 is 0 Å². The Morgan fingerprint density at radius 2 is 1.80 bits per heavy atom. The zero-order valence-corrected chi connectivity index (χ0v) is 25.4. The van der Waals surface area contributed by atoms with Gasteiger partial charge in [-0.3, -0.25) is 14.5 Å². The van der Waals surface area contributed by atoms with Crippen molar-refractivity contribution in [2.45, 2.75) is 19.4 Å². The molecule has 4 heterocycles. The van der Waals surface area contributed by atoms with Crippen LogP contribution < -0.4 is 20.8 Å². The number of fused-ring (bicyclic) bond motifs is 2. The third kappa shape index (κ3) is 5.99. The van der Waals surface area contributed by atoms with Gasteiger partial charge in [-0.2, -0.15) is 0 Å². The lowest BCUT2D eigenvalue weighted by Crippen LogP contribution is -2.37. The van der Waals surface area contributed by atoms with Gasteiger partial charge in [0.15, 0.2) is 17.3 Å². The summed E-state index contributed by atoms with van der Waals surface area (Å²) >= 11 is 0. The number of anilines is 1. The lowest BCUT2D eigenvalue weighted by molar-refractivity contribution is 0.0378. The molecule has 0 saturated carbocycles. The highest BCUT2D eigenvalue weighted by Gasteiger charge is 2.29. The Morgan fingerprint density at radius 3 is 2.61 bits per heavy atom. The van der Waals surface area contributed by atoms with Crippen molar-refractivity contribution >= 4 is 22.5 Å². The van der Waals surface area contributed by atoms with E-state index in [2.05, 4.69) is 20.5 Å². The van der Waals surface area contributed by atoms with Gasteiger partial charge in [-0.1, -0.05) is 36.4 Å². The van der Waals surface area contributed by atoms with Crippen molar-refractivity contribution in [3.63, 3.8) is 0 Å². The van der Waals surface area contributed by atoms with Crippen LogP contribution in [0.1, 0.15) is 23.2 Å². The lowest BCUT2D eigenvalue weighted by Gasteiger charge is -2.28. The minimum absolute atomic E-state index is 0.0651. The van der Waals surface area contributed by atoms with Gasteiger partial charge < -0.3 is 29.2 Å². The number of aryl methyl sites for hydroxylation is 1. The van der Waals surface area contributed by atoms with Gasteiger partial charge in [-0.25, -0.2) is 9.37 Å². The van der Waals surface area contributed by atoms with E-state index in [0.29, 0.717) is 43.0 Å². The van der Waals surface area contributed by atoms with Crippen LogP contribution in [0.5, 0.6) is 11.5 Å². The summed E-state index contributed by atoms with van der Waals surface area (Å²) < 4.78 is 31.3. The van der Waals surface area contributed by atoms with Gasteiger partial charge in [0, 0.05) is 51.3 Å². The summed E-state index contributed by atoms with van der Waals surface area (Å²) in [4.78, 5) is 33.6. The maximum atomic E-state index is 15.8. The first-order valence-corrected chi connectivity index (χ1v) is 15.6. The SMILES string of the molecule is O=C(NCCCn1ccnc1)c1cn2c3c(c(NCCCN4CCOCC4)c(F)cc3c1=O)Oc1ccc(-c3ccccc3)cc1-2. The number of morpholine rings is 1. The summed E-state index contributed by atoms with van der Waals surface area (Å²) in [6.07, 6.45) is 8.26. The number of carbonyl (C=O) groups excluding carboxylic acids is 1. The second-order valence-corrected chi connectivity index (χ2v) is 11.5. The highest BCUT2D eigenvalue weighted by molar-refractivity contribution is 6.01. The third-order valence-electron chi connectivity index (χ3n) is 8.47. The Balaban J connectivity index is 1.24. The number of benzene rings is 3. The van der Waals surface area contributed by atoms with E-state index in [0.717, 1.165) is 50.4 Å². The number of halogens is 1. The van der Waals surface area contributed by atoms with Crippen LogP contribution in [0.4, 0.5) is 10.1 Å². The van der Waals surface area contributed by atoms with E-state index in [9.17, 15) is 9.59 Å². The monoisotopic (exact) mass is 622 g/mol. The summed E-state index contributed by atoms with van der Waals surface area (Å²) in [6, 6.07) is 16.9. The molecule has 5 aromatic rings. The van der Waals surface area contributed by atoms with E-state index in [1.54, 1.807) is 23.3 Å². The minimum atomic E-state index is -0.611. The zero-order chi connectivity index (χ0) is 31.5. The zero-order valence-electron chi connectivity index (χ0n) is 25.4. The molecule has 7 rings (SSSR count). The van der Waals surface area contributed by atoms with Crippen molar-refractivity contribution in [3.8, 4) is 28.3 Å². The smallest absolute Gasteiger partial charge is 0.256 e. The summed E-state index contributed by atoms with van der Waals surface area (Å²) in [6.45, 7) is 5.61. The van der Waals surface area contributed by atoms with Crippen LogP contribution in [0.2, 0.25) is 0 Å². The number of carbonyl (C=O) groups is 1. The highest BCUT2D eigenvalue weighted by Crippen LogP contribution is 2.46. The molecule has 0 radical (unpaired) electrons. The van der Waals surface area contributed by atoms with E-state index < -0.39 is 17.2 Å². The van der Waals surface area contributed by atoms with Gasteiger partial charge in [0.1, 0.15) is 16.8 Å². The van der Waals surface area contributed by atoms with Gasteiger partial charge in [-0.05, 0) is 48.7 Å². The molecular weight excluding hydrogens is 587 g/mol. The number of nitrogens with zero attached hydrogens (tertiary/aromatic N) is 4.